The van der Waals surface area contributed by atoms with Crippen molar-refractivity contribution in [3.05, 3.63) is 92.8 Å². The number of nitro groups is 1. The van der Waals surface area contributed by atoms with E-state index < -0.39 is 35.5 Å². The number of non-ortho nitro benzene ring substituents is 1. The molecule has 3 rings (SSSR count). The van der Waals surface area contributed by atoms with Gasteiger partial charge in [0.05, 0.1) is 42.3 Å². The van der Waals surface area contributed by atoms with Gasteiger partial charge >= 0.3 is 11.9 Å². The van der Waals surface area contributed by atoms with Crippen LogP contribution in [-0.2, 0) is 25.5 Å². The number of nitrogens with zero attached hydrogens (tertiary/aromatic N) is 1. The van der Waals surface area contributed by atoms with Crippen LogP contribution < -0.4 is 10.1 Å². The van der Waals surface area contributed by atoms with Crippen molar-refractivity contribution < 1.29 is 38.9 Å². The summed E-state index contributed by atoms with van der Waals surface area (Å²) in [6.07, 6.45) is 0.860. The average molecular weight is 513 g/mol. The fraction of sp³-hybridized carbons (Fsp3) is 0.308. The van der Waals surface area contributed by atoms with Crippen molar-refractivity contribution in [2.45, 2.75) is 25.4 Å². The zero-order valence-corrected chi connectivity index (χ0v) is 20.4. The zero-order chi connectivity index (χ0) is 26.9. The predicted octanol–water partition coefficient (Wildman–Crippen LogP) is 2.13. The summed E-state index contributed by atoms with van der Waals surface area (Å²) in [6.45, 7) is 1.25. The van der Waals surface area contributed by atoms with Crippen LogP contribution in [-0.4, -0.2) is 60.1 Å². The first-order valence-electron chi connectivity index (χ1n) is 11.4. The molecular formula is C26H28N2O9. The molecule has 0 saturated heterocycles. The summed E-state index contributed by atoms with van der Waals surface area (Å²) in [5.41, 5.74) is 1.77. The third-order valence-electron chi connectivity index (χ3n) is 5.70. The molecule has 1 aliphatic rings. The van der Waals surface area contributed by atoms with E-state index in [0.29, 0.717) is 23.4 Å². The third-order valence-corrected chi connectivity index (χ3v) is 5.70. The van der Waals surface area contributed by atoms with Crippen molar-refractivity contribution in [2.24, 2.45) is 0 Å². The number of rotatable bonds is 11. The van der Waals surface area contributed by atoms with Crippen LogP contribution in [0.25, 0.3) is 0 Å². The Balaban J connectivity index is 1.73. The summed E-state index contributed by atoms with van der Waals surface area (Å²) in [5, 5.41) is 32.4. The molecule has 2 atom stereocenters. The highest BCUT2D eigenvalue weighted by Gasteiger charge is 2.36. The van der Waals surface area contributed by atoms with E-state index in [1.165, 1.54) is 31.5 Å². The van der Waals surface area contributed by atoms with Crippen molar-refractivity contribution >= 4 is 17.6 Å². The Morgan fingerprint density at radius 3 is 2.54 bits per heavy atom. The summed E-state index contributed by atoms with van der Waals surface area (Å²) in [7, 11) is 1.22. The molecule has 2 aromatic rings. The number of hydrogen-bond acceptors (Lipinski definition) is 10. The molecule has 0 aliphatic carbocycles. The maximum absolute atomic E-state index is 13.1. The van der Waals surface area contributed by atoms with Gasteiger partial charge in [-0.05, 0) is 30.2 Å². The first kappa shape index (κ1) is 27.4. The van der Waals surface area contributed by atoms with E-state index in [1.54, 1.807) is 37.3 Å². The van der Waals surface area contributed by atoms with Crippen molar-refractivity contribution in [3.63, 3.8) is 0 Å². The molecule has 0 radical (unpaired) electrons. The fourth-order valence-corrected chi connectivity index (χ4v) is 3.78. The SMILES string of the molecule is COC(=O)C1=C(C)NC=C(C(=O)OCCc2ccc(OCC(O)CO)cc2)C1c1cccc([N+](=O)[O-])c1. The zero-order valence-electron chi connectivity index (χ0n) is 20.4. The molecular weight excluding hydrogens is 484 g/mol. The van der Waals surface area contributed by atoms with Crippen molar-refractivity contribution in [3.8, 4) is 5.75 Å². The minimum atomic E-state index is -0.966. The molecule has 0 bridgehead atoms. The smallest absolute Gasteiger partial charge is 0.336 e. The van der Waals surface area contributed by atoms with E-state index >= 15 is 0 Å². The molecule has 11 nitrogen and oxygen atoms in total. The molecule has 11 heteroatoms. The van der Waals surface area contributed by atoms with Gasteiger partial charge in [0.1, 0.15) is 18.5 Å². The molecule has 0 spiro atoms. The van der Waals surface area contributed by atoms with Crippen LogP contribution in [0.4, 0.5) is 5.69 Å². The second-order valence-corrected chi connectivity index (χ2v) is 8.24. The van der Waals surface area contributed by atoms with E-state index in [4.69, 9.17) is 19.3 Å². The van der Waals surface area contributed by atoms with E-state index in [0.717, 1.165) is 5.56 Å². The van der Waals surface area contributed by atoms with E-state index in [-0.39, 0.29) is 30.0 Å². The molecule has 1 aliphatic heterocycles. The quantitative estimate of drug-likeness (QED) is 0.231. The summed E-state index contributed by atoms with van der Waals surface area (Å²) < 4.78 is 15.8. The molecule has 0 fully saturated rings. The molecule has 0 saturated carbocycles. The number of nitrogens with one attached hydrogen (secondary N) is 1. The Labute approximate surface area is 213 Å². The number of esters is 2. The first-order chi connectivity index (χ1) is 17.7. The molecule has 37 heavy (non-hydrogen) atoms. The molecule has 2 unspecified atom stereocenters. The molecule has 3 N–H and O–H groups in total. The monoisotopic (exact) mass is 512 g/mol. The number of carbonyl (C=O) groups is 2. The number of hydrogen-bond donors (Lipinski definition) is 3. The standard InChI is InChI=1S/C26H28N2O9/c1-16-23(26(32)35-2)24(18-4-3-5-19(12-18)28(33)34)22(13-27-16)25(31)36-11-10-17-6-8-21(9-7-17)37-15-20(30)14-29/h3-9,12-13,20,24,27,29-30H,10-11,14-15H2,1-2H3. The Morgan fingerprint density at radius 2 is 1.89 bits per heavy atom. The number of nitro benzene ring substituents is 1. The van der Waals surface area contributed by atoms with Gasteiger partial charge in [-0.1, -0.05) is 24.3 Å². The van der Waals surface area contributed by atoms with Gasteiger partial charge in [-0.25, -0.2) is 9.59 Å². The largest absolute Gasteiger partial charge is 0.491 e. The molecule has 2 aromatic carbocycles. The van der Waals surface area contributed by atoms with Crippen molar-refractivity contribution in [2.75, 3.05) is 26.9 Å². The highest BCUT2D eigenvalue weighted by Crippen LogP contribution is 2.38. The number of ether oxygens (including phenoxy) is 3. The predicted molar refractivity (Wildman–Crippen MR) is 131 cm³/mol. The molecule has 1 heterocycles. The summed E-state index contributed by atoms with van der Waals surface area (Å²) in [6, 6.07) is 12.7. The number of aliphatic hydroxyl groups is 2. The van der Waals surface area contributed by atoms with Gasteiger partial charge < -0.3 is 29.7 Å². The lowest BCUT2D eigenvalue weighted by molar-refractivity contribution is -0.384. The van der Waals surface area contributed by atoms with Gasteiger partial charge in [-0.3, -0.25) is 10.1 Å². The molecule has 0 aromatic heterocycles. The van der Waals surface area contributed by atoms with Crippen molar-refractivity contribution in [1.29, 1.82) is 0 Å². The highest BCUT2D eigenvalue weighted by molar-refractivity contribution is 5.99. The van der Waals surface area contributed by atoms with E-state index in [1.807, 2.05) is 0 Å². The third kappa shape index (κ3) is 6.93. The van der Waals surface area contributed by atoms with E-state index in [2.05, 4.69) is 5.32 Å². The number of carbonyl (C=O) groups excluding carboxylic acids is 2. The van der Waals surface area contributed by atoms with Crippen LogP contribution in [0.5, 0.6) is 5.75 Å². The topological polar surface area (TPSA) is 157 Å². The highest BCUT2D eigenvalue weighted by atomic mass is 16.6. The van der Waals surface area contributed by atoms with Crippen molar-refractivity contribution in [1.82, 2.24) is 5.32 Å². The number of methoxy groups -OCH3 is 1. The minimum Gasteiger partial charge on any atom is -0.491 e. The van der Waals surface area contributed by atoms with Gasteiger partial charge in [0, 0.05) is 30.5 Å². The lowest BCUT2D eigenvalue weighted by Gasteiger charge is -2.27. The normalized spacial score (nSPS) is 15.8. The van der Waals surface area contributed by atoms with Gasteiger partial charge in [0.25, 0.3) is 5.69 Å². The van der Waals surface area contributed by atoms with Crippen LogP contribution >= 0.6 is 0 Å². The van der Waals surface area contributed by atoms with Gasteiger partial charge in [0.2, 0.25) is 0 Å². The lowest BCUT2D eigenvalue weighted by Crippen LogP contribution is -2.29. The van der Waals surface area contributed by atoms with Crippen LogP contribution in [0.3, 0.4) is 0 Å². The van der Waals surface area contributed by atoms with Gasteiger partial charge in [0.15, 0.2) is 0 Å². The van der Waals surface area contributed by atoms with Crippen LogP contribution in [0.2, 0.25) is 0 Å². The first-order valence-corrected chi connectivity index (χ1v) is 11.4. The Morgan fingerprint density at radius 1 is 1.16 bits per heavy atom. The van der Waals surface area contributed by atoms with Gasteiger partial charge in [-0.15, -0.1) is 0 Å². The number of allylic oxidation sites excluding steroid dienone is 1. The minimum absolute atomic E-state index is 0.0379. The summed E-state index contributed by atoms with van der Waals surface area (Å²) in [4.78, 5) is 36.5. The Bertz CT molecular complexity index is 1200. The van der Waals surface area contributed by atoms with Crippen LogP contribution in [0, 0.1) is 10.1 Å². The second-order valence-electron chi connectivity index (χ2n) is 8.24. The van der Waals surface area contributed by atoms with Crippen LogP contribution in [0.1, 0.15) is 24.0 Å². The summed E-state index contributed by atoms with van der Waals surface area (Å²) >= 11 is 0. The second kappa shape index (κ2) is 12.7. The Hall–Kier alpha value is -4.22. The lowest BCUT2D eigenvalue weighted by atomic mass is 9.82. The molecule has 0 amide bonds. The maximum atomic E-state index is 13.1. The van der Waals surface area contributed by atoms with Crippen LogP contribution in [0.15, 0.2) is 71.6 Å². The van der Waals surface area contributed by atoms with E-state index in [9.17, 15) is 24.8 Å². The average Bonchev–Trinajstić information content (AvgIpc) is 2.91. The van der Waals surface area contributed by atoms with Gasteiger partial charge in [-0.2, -0.15) is 0 Å². The summed E-state index contributed by atoms with van der Waals surface area (Å²) in [5.74, 6) is -1.76. The Kier molecular flexibility index (Phi) is 9.36. The number of benzene rings is 2. The number of aliphatic hydroxyl groups excluding tert-OH is 2. The maximum Gasteiger partial charge on any atom is 0.336 e. The fourth-order valence-electron chi connectivity index (χ4n) is 3.78. The molecule has 196 valence electrons. The number of dihydropyridines is 1.